The van der Waals surface area contributed by atoms with Gasteiger partial charge in [-0.3, -0.25) is 4.98 Å². The van der Waals surface area contributed by atoms with Gasteiger partial charge in [-0.25, -0.2) is 4.98 Å². The Labute approximate surface area is 82.8 Å². The first-order valence-electron chi connectivity index (χ1n) is 4.63. The van der Waals surface area contributed by atoms with Crippen molar-refractivity contribution in [1.82, 2.24) is 9.97 Å². The fourth-order valence-electron chi connectivity index (χ4n) is 1.33. The van der Waals surface area contributed by atoms with Crippen molar-refractivity contribution in [3.8, 4) is 5.75 Å². The molecule has 0 aliphatic rings. The fourth-order valence-corrected chi connectivity index (χ4v) is 1.33. The fraction of sp³-hybridized carbons (Fsp3) is 0.273. The molecule has 0 aliphatic heterocycles. The molecule has 1 aromatic heterocycles. The van der Waals surface area contributed by atoms with Gasteiger partial charge in [0.05, 0.1) is 23.8 Å². The number of methoxy groups -OCH3 is 1. The summed E-state index contributed by atoms with van der Waals surface area (Å²) in [6.07, 6.45) is 2.72. The molecular weight excluding hydrogens is 176 g/mol. The zero-order valence-electron chi connectivity index (χ0n) is 8.32. The van der Waals surface area contributed by atoms with Crippen molar-refractivity contribution in [2.45, 2.75) is 13.3 Å². The highest BCUT2D eigenvalue weighted by Crippen LogP contribution is 2.17. The van der Waals surface area contributed by atoms with Gasteiger partial charge in [-0.15, -0.1) is 0 Å². The van der Waals surface area contributed by atoms with Crippen LogP contribution < -0.4 is 4.74 Å². The summed E-state index contributed by atoms with van der Waals surface area (Å²) < 4.78 is 5.13. The number of ether oxygens (including phenoxy) is 1. The van der Waals surface area contributed by atoms with Crippen molar-refractivity contribution >= 4 is 11.0 Å². The molecule has 1 heterocycles. The molecule has 0 radical (unpaired) electrons. The van der Waals surface area contributed by atoms with Gasteiger partial charge in [0, 0.05) is 12.3 Å². The monoisotopic (exact) mass is 188 g/mol. The molecule has 0 bridgehead atoms. The van der Waals surface area contributed by atoms with Crippen LogP contribution in [0.2, 0.25) is 0 Å². The maximum atomic E-state index is 5.13. The first-order valence-corrected chi connectivity index (χ1v) is 4.63. The van der Waals surface area contributed by atoms with Crippen molar-refractivity contribution in [2.75, 3.05) is 7.11 Å². The minimum Gasteiger partial charge on any atom is -0.497 e. The largest absolute Gasteiger partial charge is 0.497 e. The summed E-state index contributed by atoms with van der Waals surface area (Å²) in [6, 6.07) is 5.71. The van der Waals surface area contributed by atoms with Crippen LogP contribution in [0.5, 0.6) is 5.75 Å². The topological polar surface area (TPSA) is 35.0 Å². The van der Waals surface area contributed by atoms with E-state index < -0.39 is 0 Å². The molecule has 2 aromatic rings. The molecule has 0 saturated heterocycles. The molecule has 1 aromatic carbocycles. The van der Waals surface area contributed by atoms with E-state index in [1.807, 2.05) is 24.4 Å². The van der Waals surface area contributed by atoms with Crippen LogP contribution in [-0.4, -0.2) is 17.1 Å². The molecule has 72 valence electrons. The average Bonchev–Trinajstić information content (AvgIpc) is 2.27. The second kappa shape index (κ2) is 3.62. The number of benzene rings is 1. The van der Waals surface area contributed by atoms with Crippen molar-refractivity contribution < 1.29 is 4.74 Å². The maximum Gasteiger partial charge on any atom is 0.121 e. The lowest BCUT2D eigenvalue weighted by molar-refractivity contribution is 0.415. The van der Waals surface area contributed by atoms with Crippen LogP contribution in [0, 0.1) is 0 Å². The minimum absolute atomic E-state index is 0.819. The van der Waals surface area contributed by atoms with Crippen molar-refractivity contribution in [3.63, 3.8) is 0 Å². The number of nitrogens with zero attached hydrogens (tertiary/aromatic N) is 2. The third-order valence-electron chi connectivity index (χ3n) is 2.16. The van der Waals surface area contributed by atoms with Crippen LogP contribution in [0.15, 0.2) is 24.4 Å². The number of fused-ring (bicyclic) bond motifs is 1. The Balaban J connectivity index is 2.60. The van der Waals surface area contributed by atoms with Gasteiger partial charge in [0.25, 0.3) is 0 Å². The summed E-state index contributed by atoms with van der Waals surface area (Å²) in [5.74, 6) is 0.819. The van der Waals surface area contributed by atoms with Gasteiger partial charge in [0.15, 0.2) is 0 Å². The molecule has 0 amide bonds. The summed E-state index contributed by atoms with van der Waals surface area (Å²) in [5.41, 5.74) is 2.80. The summed E-state index contributed by atoms with van der Waals surface area (Å²) in [7, 11) is 1.65. The Morgan fingerprint density at radius 2 is 2.14 bits per heavy atom. The Kier molecular flexibility index (Phi) is 2.31. The zero-order valence-corrected chi connectivity index (χ0v) is 8.32. The predicted molar refractivity (Wildman–Crippen MR) is 55.5 cm³/mol. The number of hydrogen-bond donors (Lipinski definition) is 0. The molecule has 3 heteroatoms. The molecule has 0 atom stereocenters. The summed E-state index contributed by atoms with van der Waals surface area (Å²) in [6.45, 7) is 2.07. The average molecular weight is 188 g/mol. The molecular formula is C11H12N2O. The number of aromatic nitrogens is 2. The van der Waals surface area contributed by atoms with E-state index in [4.69, 9.17) is 4.74 Å². The normalized spacial score (nSPS) is 10.4. The van der Waals surface area contributed by atoms with Gasteiger partial charge >= 0.3 is 0 Å². The summed E-state index contributed by atoms with van der Waals surface area (Å²) in [5, 5.41) is 0. The Morgan fingerprint density at radius 1 is 1.29 bits per heavy atom. The van der Waals surface area contributed by atoms with Gasteiger partial charge in [-0.1, -0.05) is 6.92 Å². The molecule has 0 saturated carbocycles. The first kappa shape index (κ1) is 8.94. The van der Waals surface area contributed by atoms with Crippen LogP contribution in [-0.2, 0) is 6.42 Å². The highest BCUT2D eigenvalue weighted by Gasteiger charge is 1.99. The lowest BCUT2D eigenvalue weighted by Gasteiger charge is -2.02. The standard InChI is InChI=1S/C11H12N2O/c1-3-8-7-12-10-5-4-9(14-2)6-11(10)13-8/h4-7H,3H2,1-2H3. The van der Waals surface area contributed by atoms with E-state index in [0.717, 1.165) is 28.9 Å². The van der Waals surface area contributed by atoms with Crippen molar-refractivity contribution in [3.05, 3.63) is 30.1 Å². The van der Waals surface area contributed by atoms with Gasteiger partial charge in [0.2, 0.25) is 0 Å². The number of hydrogen-bond acceptors (Lipinski definition) is 3. The van der Waals surface area contributed by atoms with E-state index in [1.54, 1.807) is 7.11 Å². The second-order valence-electron chi connectivity index (χ2n) is 3.07. The van der Waals surface area contributed by atoms with Gasteiger partial charge in [-0.05, 0) is 18.6 Å². The Bertz CT molecular complexity index is 415. The third-order valence-corrected chi connectivity index (χ3v) is 2.16. The van der Waals surface area contributed by atoms with Gasteiger partial charge < -0.3 is 4.74 Å². The predicted octanol–water partition coefficient (Wildman–Crippen LogP) is 2.20. The molecule has 0 spiro atoms. The van der Waals surface area contributed by atoms with Crippen LogP contribution in [0.25, 0.3) is 11.0 Å². The van der Waals surface area contributed by atoms with E-state index in [0.29, 0.717) is 0 Å². The molecule has 3 nitrogen and oxygen atoms in total. The number of rotatable bonds is 2. The Morgan fingerprint density at radius 3 is 2.86 bits per heavy atom. The van der Waals surface area contributed by atoms with E-state index in [2.05, 4.69) is 16.9 Å². The maximum absolute atomic E-state index is 5.13. The summed E-state index contributed by atoms with van der Waals surface area (Å²) >= 11 is 0. The molecule has 14 heavy (non-hydrogen) atoms. The highest BCUT2D eigenvalue weighted by atomic mass is 16.5. The van der Waals surface area contributed by atoms with Gasteiger partial charge in [-0.2, -0.15) is 0 Å². The van der Waals surface area contributed by atoms with Crippen molar-refractivity contribution in [2.24, 2.45) is 0 Å². The Hall–Kier alpha value is -1.64. The molecule has 0 unspecified atom stereocenters. The number of aryl methyl sites for hydroxylation is 1. The minimum atomic E-state index is 0.819. The van der Waals surface area contributed by atoms with E-state index in [1.165, 1.54) is 0 Å². The second-order valence-corrected chi connectivity index (χ2v) is 3.07. The molecule has 0 N–H and O–H groups in total. The lowest BCUT2D eigenvalue weighted by Crippen LogP contribution is -1.91. The quantitative estimate of drug-likeness (QED) is 0.724. The van der Waals surface area contributed by atoms with Crippen molar-refractivity contribution in [1.29, 1.82) is 0 Å². The smallest absolute Gasteiger partial charge is 0.121 e. The zero-order chi connectivity index (χ0) is 9.97. The summed E-state index contributed by atoms with van der Waals surface area (Å²) in [4.78, 5) is 8.77. The van der Waals surface area contributed by atoms with E-state index in [-0.39, 0.29) is 0 Å². The van der Waals surface area contributed by atoms with Crippen LogP contribution >= 0.6 is 0 Å². The molecule has 2 rings (SSSR count). The molecule has 0 aliphatic carbocycles. The van der Waals surface area contributed by atoms with Gasteiger partial charge in [0.1, 0.15) is 5.75 Å². The SMILES string of the molecule is CCc1cnc2ccc(OC)cc2n1. The highest BCUT2D eigenvalue weighted by molar-refractivity contribution is 5.75. The molecule has 0 fully saturated rings. The van der Waals surface area contributed by atoms with E-state index in [9.17, 15) is 0 Å². The van der Waals surface area contributed by atoms with Crippen LogP contribution in [0.3, 0.4) is 0 Å². The van der Waals surface area contributed by atoms with Crippen LogP contribution in [0.1, 0.15) is 12.6 Å². The first-order chi connectivity index (χ1) is 6.83. The lowest BCUT2D eigenvalue weighted by atomic mass is 10.2. The van der Waals surface area contributed by atoms with Crippen LogP contribution in [0.4, 0.5) is 0 Å². The van der Waals surface area contributed by atoms with E-state index >= 15 is 0 Å². The third kappa shape index (κ3) is 1.53.